The van der Waals surface area contributed by atoms with Gasteiger partial charge in [0.15, 0.2) is 0 Å². The average molecular weight is 356 g/mol. The quantitative estimate of drug-likeness (QED) is 0.538. The highest BCUT2D eigenvalue weighted by Gasteiger charge is 2.15. The maximum Gasteiger partial charge on any atom is 0.306 e. The summed E-state index contributed by atoms with van der Waals surface area (Å²) >= 11 is 0. The number of aryl methyl sites for hydroxylation is 1. The fourth-order valence-corrected chi connectivity index (χ4v) is 2.44. The van der Waals surface area contributed by atoms with E-state index in [-0.39, 0.29) is 24.1 Å². The van der Waals surface area contributed by atoms with Gasteiger partial charge < -0.3 is 10.3 Å². The maximum absolute atomic E-state index is 13.3. The molecule has 2 aromatic carbocycles. The molecule has 2 N–H and O–H groups in total. The summed E-state index contributed by atoms with van der Waals surface area (Å²) in [5.41, 5.74) is -0.368. The summed E-state index contributed by atoms with van der Waals surface area (Å²) in [6, 6.07) is 9.93. The molecule has 0 aliphatic carbocycles. The summed E-state index contributed by atoms with van der Waals surface area (Å²) in [6.07, 6.45) is 0.168. The van der Waals surface area contributed by atoms with E-state index in [0.29, 0.717) is 16.7 Å². The number of nitro benzene ring substituents is 1. The van der Waals surface area contributed by atoms with E-state index >= 15 is 0 Å². The number of nitrogens with one attached hydrogen (secondary N) is 2. The van der Waals surface area contributed by atoms with Gasteiger partial charge in [0.2, 0.25) is 11.7 Å². The molecule has 3 rings (SSSR count). The number of aromatic nitrogens is 2. The van der Waals surface area contributed by atoms with Gasteiger partial charge in [-0.05, 0) is 24.3 Å². The van der Waals surface area contributed by atoms with Gasteiger partial charge in [-0.15, -0.1) is 0 Å². The summed E-state index contributed by atoms with van der Waals surface area (Å²) in [6.45, 7) is 0. The van der Waals surface area contributed by atoms with E-state index in [9.17, 15) is 24.1 Å². The van der Waals surface area contributed by atoms with Crippen LogP contribution in [-0.2, 0) is 11.2 Å². The van der Waals surface area contributed by atoms with E-state index < -0.39 is 22.3 Å². The minimum atomic E-state index is -0.981. The molecule has 0 aliphatic heterocycles. The number of rotatable bonds is 5. The molecule has 9 heteroatoms. The van der Waals surface area contributed by atoms with Crippen molar-refractivity contribution in [2.75, 3.05) is 5.32 Å². The highest BCUT2D eigenvalue weighted by Crippen LogP contribution is 2.21. The lowest BCUT2D eigenvalue weighted by molar-refractivity contribution is -0.387. The number of nitro groups is 1. The second-order valence-corrected chi connectivity index (χ2v) is 5.50. The fourth-order valence-electron chi connectivity index (χ4n) is 2.44. The smallest absolute Gasteiger partial charge is 0.306 e. The number of nitrogens with zero attached hydrogens (tertiary/aromatic N) is 2. The third-order valence-electron chi connectivity index (χ3n) is 3.68. The summed E-state index contributed by atoms with van der Waals surface area (Å²) in [5, 5.41) is 13.6. The van der Waals surface area contributed by atoms with Gasteiger partial charge in [-0.1, -0.05) is 12.1 Å². The van der Waals surface area contributed by atoms with Gasteiger partial charge in [0, 0.05) is 24.6 Å². The predicted molar refractivity (Wildman–Crippen MR) is 92.4 cm³/mol. The van der Waals surface area contributed by atoms with Crippen LogP contribution in [0.3, 0.4) is 0 Å². The molecule has 1 heterocycles. The first-order valence-corrected chi connectivity index (χ1v) is 7.66. The summed E-state index contributed by atoms with van der Waals surface area (Å²) in [7, 11) is 0. The molecule has 26 heavy (non-hydrogen) atoms. The second kappa shape index (κ2) is 7.09. The highest BCUT2D eigenvalue weighted by molar-refractivity contribution is 5.91. The third kappa shape index (κ3) is 3.72. The molecule has 1 aromatic heterocycles. The summed E-state index contributed by atoms with van der Waals surface area (Å²) in [5.74, 6) is -1.07. The van der Waals surface area contributed by atoms with E-state index in [1.807, 2.05) is 0 Å². The van der Waals surface area contributed by atoms with Gasteiger partial charge in [-0.2, -0.15) is 4.39 Å². The molecule has 0 saturated carbocycles. The molecule has 132 valence electrons. The lowest BCUT2D eigenvalue weighted by Crippen LogP contribution is -2.16. The number of para-hydroxylation sites is 1. The molecule has 0 bridgehead atoms. The standard InChI is InChI=1S/C17H13FN4O4/c18-12-6-5-10(9-14(12)22(25)26)19-16(23)8-7-15-20-13-4-2-1-3-11(13)17(24)21-15/h1-6,9H,7-8H2,(H,19,23)(H,20,21,24). The van der Waals surface area contributed by atoms with Crippen molar-refractivity contribution in [1.82, 2.24) is 9.97 Å². The van der Waals surface area contributed by atoms with Crippen LogP contribution in [0.25, 0.3) is 10.9 Å². The Balaban J connectivity index is 1.69. The number of hydrogen-bond donors (Lipinski definition) is 2. The molecule has 0 fully saturated rings. The van der Waals surface area contributed by atoms with Crippen LogP contribution in [0, 0.1) is 15.9 Å². The lowest BCUT2D eigenvalue weighted by atomic mass is 10.2. The highest BCUT2D eigenvalue weighted by atomic mass is 19.1. The van der Waals surface area contributed by atoms with E-state index in [2.05, 4.69) is 15.3 Å². The molecule has 0 radical (unpaired) electrons. The molecule has 0 spiro atoms. The maximum atomic E-state index is 13.3. The first-order chi connectivity index (χ1) is 12.4. The minimum absolute atomic E-state index is 0.00749. The zero-order valence-electron chi connectivity index (χ0n) is 13.4. The van der Waals surface area contributed by atoms with Gasteiger partial charge in [0.05, 0.1) is 15.8 Å². The minimum Gasteiger partial charge on any atom is -0.326 e. The Bertz CT molecular complexity index is 1060. The average Bonchev–Trinajstić information content (AvgIpc) is 2.61. The van der Waals surface area contributed by atoms with Gasteiger partial charge in [0.25, 0.3) is 5.56 Å². The van der Waals surface area contributed by atoms with Gasteiger partial charge >= 0.3 is 5.69 Å². The molecule has 0 atom stereocenters. The predicted octanol–water partition coefficient (Wildman–Crippen LogP) is 2.54. The third-order valence-corrected chi connectivity index (χ3v) is 3.68. The van der Waals surface area contributed by atoms with Crippen molar-refractivity contribution in [3.8, 4) is 0 Å². The van der Waals surface area contributed by atoms with Crippen LogP contribution in [-0.4, -0.2) is 20.8 Å². The van der Waals surface area contributed by atoms with Crippen molar-refractivity contribution in [3.63, 3.8) is 0 Å². The largest absolute Gasteiger partial charge is 0.326 e. The monoisotopic (exact) mass is 356 g/mol. The van der Waals surface area contributed by atoms with Crippen molar-refractivity contribution in [2.45, 2.75) is 12.8 Å². The first kappa shape index (κ1) is 17.2. The number of H-pyrrole nitrogens is 1. The number of carbonyl (C=O) groups excluding carboxylic acids is 1. The number of benzene rings is 2. The number of halogens is 1. The van der Waals surface area contributed by atoms with Crippen molar-refractivity contribution < 1.29 is 14.1 Å². The molecule has 0 saturated heterocycles. The molecular formula is C17H13FN4O4. The Morgan fingerprint density at radius 1 is 1.27 bits per heavy atom. The van der Waals surface area contributed by atoms with Crippen molar-refractivity contribution in [2.24, 2.45) is 0 Å². The Labute approximate surface area is 145 Å². The van der Waals surface area contributed by atoms with Crippen LogP contribution < -0.4 is 10.9 Å². The normalized spacial score (nSPS) is 10.7. The Morgan fingerprint density at radius 3 is 2.81 bits per heavy atom. The van der Waals surface area contributed by atoms with Gasteiger partial charge in [-0.25, -0.2) is 4.98 Å². The summed E-state index contributed by atoms with van der Waals surface area (Å²) in [4.78, 5) is 40.7. The summed E-state index contributed by atoms with van der Waals surface area (Å²) < 4.78 is 13.3. The van der Waals surface area contributed by atoms with Crippen LogP contribution in [0.2, 0.25) is 0 Å². The zero-order valence-corrected chi connectivity index (χ0v) is 13.4. The van der Waals surface area contributed by atoms with E-state index in [1.54, 1.807) is 24.3 Å². The Kier molecular flexibility index (Phi) is 4.70. The number of anilines is 1. The Morgan fingerprint density at radius 2 is 2.04 bits per heavy atom. The van der Waals surface area contributed by atoms with Gasteiger partial charge in [-0.3, -0.25) is 19.7 Å². The second-order valence-electron chi connectivity index (χ2n) is 5.50. The molecule has 1 amide bonds. The lowest BCUT2D eigenvalue weighted by Gasteiger charge is -2.06. The molecule has 3 aromatic rings. The molecule has 8 nitrogen and oxygen atoms in total. The van der Waals surface area contributed by atoms with Crippen molar-refractivity contribution >= 4 is 28.2 Å². The molecule has 0 unspecified atom stereocenters. The van der Waals surface area contributed by atoms with Crippen LogP contribution in [0.5, 0.6) is 0 Å². The van der Waals surface area contributed by atoms with Crippen molar-refractivity contribution in [1.29, 1.82) is 0 Å². The molecule has 0 aliphatic rings. The number of fused-ring (bicyclic) bond motifs is 1. The van der Waals surface area contributed by atoms with Crippen molar-refractivity contribution in [3.05, 3.63) is 74.6 Å². The van der Waals surface area contributed by atoms with E-state index in [0.717, 1.165) is 12.1 Å². The SMILES string of the molecule is O=C(CCc1nc2ccccc2c(=O)[nH]1)Nc1ccc(F)c([N+](=O)[O-])c1. The topological polar surface area (TPSA) is 118 Å². The number of hydrogen-bond acceptors (Lipinski definition) is 5. The van der Waals surface area contributed by atoms with Crippen LogP contribution >= 0.6 is 0 Å². The number of carbonyl (C=O) groups is 1. The van der Waals surface area contributed by atoms with Crippen LogP contribution in [0.1, 0.15) is 12.2 Å². The molecular weight excluding hydrogens is 343 g/mol. The van der Waals surface area contributed by atoms with Crippen LogP contribution in [0.15, 0.2) is 47.3 Å². The number of aromatic amines is 1. The number of amides is 1. The van der Waals surface area contributed by atoms with E-state index in [1.165, 1.54) is 6.07 Å². The van der Waals surface area contributed by atoms with E-state index in [4.69, 9.17) is 0 Å². The zero-order chi connectivity index (χ0) is 18.7. The van der Waals surface area contributed by atoms with Gasteiger partial charge in [0.1, 0.15) is 5.82 Å². The first-order valence-electron chi connectivity index (χ1n) is 7.66. The van der Waals surface area contributed by atoms with Crippen LogP contribution in [0.4, 0.5) is 15.8 Å². The fraction of sp³-hybridized carbons (Fsp3) is 0.118. The Hall–Kier alpha value is -3.62.